The lowest BCUT2D eigenvalue weighted by atomic mass is 9.90. The highest BCUT2D eigenvalue weighted by molar-refractivity contribution is 5.83. The molecule has 1 amide bonds. The fourth-order valence-corrected chi connectivity index (χ4v) is 2.00. The second-order valence-electron chi connectivity index (χ2n) is 5.56. The molecule has 0 radical (unpaired) electrons. The zero-order valence-electron chi connectivity index (χ0n) is 11.1. The van der Waals surface area contributed by atoms with Gasteiger partial charge in [-0.15, -0.1) is 0 Å². The van der Waals surface area contributed by atoms with Gasteiger partial charge < -0.3 is 5.32 Å². The fourth-order valence-electron chi connectivity index (χ4n) is 2.00. The molecular weight excluding hydrogens is 228 g/mol. The molecule has 0 spiro atoms. The first-order valence-corrected chi connectivity index (χ1v) is 6.24. The Morgan fingerprint density at radius 1 is 1.39 bits per heavy atom. The van der Waals surface area contributed by atoms with Crippen molar-refractivity contribution in [2.45, 2.75) is 38.8 Å². The highest BCUT2D eigenvalue weighted by atomic mass is 16.7. The number of nitrogens with one attached hydrogen (secondary N) is 2. The van der Waals surface area contributed by atoms with Gasteiger partial charge in [-0.25, -0.2) is 5.48 Å². The molecule has 0 bridgehead atoms. The highest BCUT2D eigenvalue weighted by Gasteiger charge is 2.27. The standard InChI is InChI=1S/C14H20N2O2/c1-14(2,3)18-16-13(17)12-9-15-8-10-6-4-5-7-11(10)12/h4-7,12,15H,8-9H2,1-3H3,(H,16,17). The van der Waals surface area contributed by atoms with Crippen molar-refractivity contribution in [3.05, 3.63) is 35.4 Å². The summed E-state index contributed by atoms with van der Waals surface area (Å²) in [4.78, 5) is 17.5. The Morgan fingerprint density at radius 3 is 2.83 bits per heavy atom. The van der Waals surface area contributed by atoms with E-state index in [4.69, 9.17) is 4.84 Å². The van der Waals surface area contributed by atoms with E-state index in [1.165, 1.54) is 5.56 Å². The third-order valence-electron chi connectivity index (χ3n) is 2.87. The van der Waals surface area contributed by atoms with Gasteiger partial charge in [-0.1, -0.05) is 24.3 Å². The van der Waals surface area contributed by atoms with Crippen LogP contribution in [0.5, 0.6) is 0 Å². The van der Waals surface area contributed by atoms with Crippen LogP contribution in [0, 0.1) is 0 Å². The predicted octanol–water partition coefficient (Wildman–Crippen LogP) is 1.72. The molecule has 1 aliphatic rings. The maximum Gasteiger partial charge on any atom is 0.252 e. The lowest BCUT2D eigenvalue weighted by Gasteiger charge is -2.27. The minimum absolute atomic E-state index is 0.0930. The summed E-state index contributed by atoms with van der Waals surface area (Å²) in [6, 6.07) is 8.02. The fraction of sp³-hybridized carbons (Fsp3) is 0.500. The molecule has 0 saturated heterocycles. The number of carbonyl (C=O) groups excluding carboxylic acids is 1. The van der Waals surface area contributed by atoms with Gasteiger partial charge in [0.2, 0.25) is 0 Å². The summed E-state index contributed by atoms with van der Waals surface area (Å²) in [7, 11) is 0. The van der Waals surface area contributed by atoms with E-state index in [0.717, 1.165) is 12.1 Å². The van der Waals surface area contributed by atoms with Gasteiger partial charge in [0.1, 0.15) is 0 Å². The molecule has 1 heterocycles. The van der Waals surface area contributed by atoms with Crippen molar-refractivity contribution in [2.75, 3.05) is 6.54 Å². The molecule has 1 aliphatic heterocycles. The minimum Gasteiger partial charge on any atom is -0.312 e. The first-order chi connectivity index (χ1) is 8.47. The van der Waals surface area contributed by atoms with Crippen LogP contribution < -0.4 is 10.8 Å². The molecule has 1 atom stereocenters. The van der Waals surface area contributed by atoms with Gasteiger partial charge in [-0.2, -0.15) is 0 Å². The van der Waals surface area contributed by atoms with Gasteiger partial charge in [-0.05, 0) is 31.9 Å². The highest BCUT2D eigenvalue weighted by Crippen LogP contribution is 2.24. The number of hydrogen-bond donors (Lipinski definition) is 2. The average molecular weight is 248 g/mol. The number of hydrogen-bond acceptors (Lipinski definition) is 3. The van der Waals surface area contributed by atoms with E-state index in [9.17, 15) is 4.79 Å². The molecule has 1 aromatic rings. The number of benzene rings is 1. The number of carbonyl (C=O) groups is 1. The van der Waals surface area contributed by atoms with Crippen LogP contribution >= 0.6 is 0 Å². The third-order valence-corrected chi connectivity index (χ3v) is 2.87. The second kappa shape index (κ2) is 5.08. The van der Waals surface area contributed by atoms with Crippen LogP contribution in [-0.2, 0) is 16.2 Å². The van der Waals surface area contributed by atoms with Crippen molar-refractivity contribution >= 4 is 5.91 Å². The summed E-state index contributed by atoms with van der Waals surface area (Å²) in [5.41, 5.74) is 4.45. The molecule has 4 heteroatoms. The molecular formula is C14H20N2O2. The Balaban J connectivity index is 2.08. The zero-order chi connectivity index (χ0) is 13.2. The van der Waals surface area contributed by atoms with E-state index in [0.29, 0.717) is 6.54 Å². The average Bonchev–Trinajstić information content (AvgIpc) is 2.34. The lowest BCUT2D eigenvalue weighted by Crippen LogP contribution is -2.41. The molecule has 98 valence electrons. The molecule has 18 heavy (non-hydrogen) atoms. The van der Waals surface area contributed by atoms with E-state index in [1.807, 2.05) is 45.0 Å². The Hall–Kier alpha value is -1.39. The topological polar surface area (TPSA) is 50.4 Å². The Morgan fingerprint density at radius 2 is 2.11 bits per heavy atom. The summed E-state index contributed by atoms with van der Waals surface area (Å²) in [6.07, 6.45) is 0. The molecule has 1 unspecified atom stereocenters. The Kier molecular flexibility index (Phi) is 3.68. The summed E-state index contributed by atoms with van der Waals surface area (Å²) in [5, 5.41) is 3.25. The molecule has 0 fully saturated rings. The van der Waals surface area contributed by atoms with Crippen LogP contribution in [0.1, 0.15) is 37.8 Å². The largest absolute Gasteiger partial charge is 0.312 e. The smallest absolute Gasteiger partial charge is 0.252 e. The van der Waals surface area contributed by atoms with Gasteiger partial charge >= 0.3 is 0 Å². The van der Waals surface area contributed by atoms with Crippen LogP contribution in [-0.4, -0.2) is 18.1 Å². The molecule has 2 N–H and O–H groups in total. The van der Waals surface area contributed by atoms with Crippen molar-refractivity contribution in [3.8, 4) is 0 Å². The first kappa shape index (κ1) is 13.1. The Labute approximate surface area is 108 Å². The molecule has 4 nitrogen and oxygen atoms in total. The molecule has 2 rings (SSSR count). The van der Waals surface area contributed by atoms with E-state index < -0.39 is 0 Å². The van der Waals surface area contributed by atoms with Crippen LogP contribution in [0.25, 0.3) is 0 Å². The maximum absolute atomic E-state index is 12.1. The summed E-state index contributed by atoms with van der Waals surface area (Å²) < 4.78 is 0. The van der Waals surface area contributed by atoms with E-state index in [1.54, 1.807) is 0 Å². The van der Waals surface area contributed by atoms with Crippen LogP contribution in [0.2, 0.25) is 0 Å². The van der Waals surface area contributed by atoms with Gasteiger partial charge in [-0.3, -0.25) is 9.63 Å². The van der Waals surface area contributed by atoms with Crippen molar-refractivity contribution in [1.29, 1.82) is 0 Å². The normalized spacial score (nSPS) is 19.2. The maximum atomic E-state index is 12.1. The summed E-state index contributed by atoms with van der Waals surface area (Å²) in [5.74, 6) is -0.276. The summed E-state index contributed by atoms with van der Waals surface area (Å²) in [6.45, 7) is 7.18. The monoisotopic (exact) mass is 248 g/mol. The van der Waals surface area contributed by atoms with E-state index in [2.05, 4.69) is 10.8 Å². The first-order valence-electron chi connectivity index (χ1n) is 6.24. The minimum atomic E-state index is -0.378. The molecule has 0 aliphatic carbocycles. The zero-order valence-corrected chi connectivity index (χ0v) is 11.1. The SMILES string of the molecule is CC(C)(C)ONC(=O)C1CNCc2ccccc21. The van der Waals surface area contributed by atoms with Crippen molar-refractivity contribution in [1.82, 2.24) is 10.8 Å². The van der Waals surface area contributed by atoms with Crippen molar-refractivity contribution in [3.63, 3.8) is 0 Å². The third kappa shape index (κ3) is 3.09. The predicted molar refractivity (Wildman–Crippen MR) is 69.9 cm³/mol. The van der Waals surface area contributed by atoms with E-state index >= 15 is 0 Å². The van der Waals surface area contributed by atoms with Gasteiger partial charge in [0.15, 0.2) is 0 Å². The molecule has 0 aromatic heterocycles. The van der Waals surface area contributed by atoms with Gasteiger partial charge in [0, 0.05) is 13.1 Å². The van der Waals surface area contributed by atoms with Crippen LogP contribution in [0.15, 0.2) is 24.3 Å². The van der Waals surface area contributed by atoms with Crippen molar-refractivity contribution in [2.24, 2.45) is 0 Å². The van der Waals surface area contributed by atoms with Gasteiger partial charge in [0.05, 0.1) is 11.5 Å². The second-order valence-corrected chi connectivity index (χ2v) is 5.56. The number of hydroxylamine groups is 1. The number of rotatable bonds is 2. The van der Waals surface area contributed by atoms with Crippen LogP contribution in [0.4, 0.5) is 0 Å². The van der Waals surface area contributed by atoms with Crippen LogP contribution in [0.3, 0.4) is 0 Å². The molecule has 1 aromatic carbocycles. The summed E-state index contributed by atoms with van der Waals surface area (Å²) >= 11 is 0. The lowest BCUT2D eigenvalue weighted by molar-refractivity contribution is -0.147. The number of amides is 1. The quantitative estimate of drug-likeness (QED) is 0.784. The van der Waals surface area contributed by atoms with Gasteiger partial charge in [0.25, 0.3) is 5.91 Å². The van der Waals surface area contributed by atoms with Crippen molar-refractivity contribution < 1.29 is 9.63 Å². The molecule has 0 saturated carbocycles. The Bertz CT molecular complexity index is 438. The van der Waals surface area contributed by atoms with E-state index in [-0.39, 0.29) is 17.4 Å². The number of fused-ring (bicyclic) bond motifs is 1.